The van der Waals surface area contributed by atoms with E-state index in [0.29, 0.717) is 33.1 Å². The Kier molecular flexibility index (Phi) is 5.14. The van der Waals surface area contributed by atoms with Crippen molar-refractivity contribution >= 4 is 45.9 Å². The van der Waals surface area contributed by atoms with Crippen LogP contribution in [0.1, 0.15) is 0 Å². The second-order valence-corrected chi connectivity index (χ2v) is 7.03. The van der Waals surface area contributed by atoms with Gasteiger partial charge in [0, 0.05) is 17.1 Å². The van der Waals surface area contributed by atoms with Gasteiger partial charge in [-0.3, -0.25) is 4.79 Å². The molecular formula is C19H12ClN3O4S. The third-order valence-corrected chi connectivity index (χ3v) is 4.89. The van der Waals surface area contributed by atoms with Crippen LogP contribution >= 0.6 is 23.4 Å². The second-order valence-electron chi connectivity index (χ2n) is 5.70. The van der Waals surface area contributed by atoms with Crippen molar-refractivity contribution in [1.29, 1.82) is 0 Å². The minimum atomic E-state index is -0.420. The van der Waals surface area contributed by atoms with Gasteiger partial charge in [0.25, 0.3) is 5.22 Å². The Labute approximate surface area is 167 Å². The SMILES string of the molecule is O=C(CSc1nnc(-c2ccccc2Cl)o1)Nc1ccc2oc(=O)ccc2c1. The number of amides is 1. The standard InChI is InChI=1S/C19H12ClN3O4S/c20-14-4-2-1-3-13(14)18-22-23-19(27-18)28-10-16(24)21-12-6-7-15-11(9-12)5-8-17(25)26-15/h1-9H,10H2,(H,21,24). The zero-order chi connectivity index (χ0) is 19.5. The molecule has 0 atom stereocenters. The molecule has 0 aliphatic rings. The lowest BCUT2D eigenvalue weighted by molar-refractivity contribution is -0.113. The second kappa shape index (κ2) is 7.87. The summed E-state index contributed by atoms with van der Waals surface area (Å²) >= 11 is 7.23. The molecule has 0 bridgehead atoms. The van der Waals surface area contributed by atoms with Crippen LogP contribution in [0, 0.1) is 0 Å². The summed E-state index contributed by atoms with van der Waals surface area (Å²) in [6, 6.07) is 15.1. The summed E-state index contributed by atoms with van der Waals surface area (Å²) in [4.78, 5) is 23.4. The summed E-state index contributed by atoms with van der Waals surface area (Å²) in [6.07, 6.45) is 0. The Bertz CT molecular complexity index is 1220. The van der Waals surface area contributed by atoms with Crippen LogP contribution < -0.4 is 10.9 Å². The molecule has 2 aromatic carbocycles. The Hall–Kier alpha value is -3.10. The largest absolute Gasteiger partial charge is 0.423 e. The fourth-order valence-corrected chi connectivity index (χ4v) is 3.27. The number of carbonyl (C=O) groups is 1. The number of fused-ring (bicyclic) bond motifs is 1. The van der Waals surface area contributed by atoms with E-state index in [1.54, 1.807) is 36.4 Å². The topological polar surface area (TPSA) is 98.2 Å². The minimum absolute atomic E-state index is 0.0894. The number of benzene rings is 2. The Morgan fingerprint density at radius 1 is 1.07 bits per heavy atom. The Morgan fingerprint density at radius 3 is 2.79 bits per heavy atom. The number of nitrogens with zero attached hydrogens (tertiary/aromatic N) is 2. The molecule has 1 amide bonds. The normalized spacial score (nSPS) is 10.9. The molecule has 0 unspecified atom stereocenters. The molecule has 0 aliphatic carbocycles. The van der Waals surface area contributed by atoms with Crippen molar-refractivity contribution in [2.45, 2.75) is 5.22 Å². The number of halogens is 1. The molecule has 7 nitrogen and oxygen atoms in total. The van der Waals surface area contributed by atoms with E-state index in [0.717, 1.165) is 11.8 Å². The van der Waals surface area contributed by atoms with Crippen molar-refractivity contribution in [3.8, 4) is 11.5 Å². The van der Waals surface area contributed by atoms with E-state index < -0.39 is 5.63 Å². The average molecular weight is 414 g/mol. The highest BCUT2D eigenvalue weighted by Crippen LogP contribution is 2.28. The first-order valence-corrected chi connectivity index (χ1v) is 9.50. The van der Waals surface area contributed by atoms with Crippen LogP contribution in [0.15, 0.2) is 73.4 Å². The molecule has 140 valence electrons. The van der Waals surface area contributed by atoms with Gasteiger partial charge in [0.05, 0.1) is 16.3 Å². The molecule has 4 rings (SSSR count). The van der Waals surface area contributed by atoms with Gasteiger partial charge in [-0.15, -0.1) is 10.2 Å². The Morgan fingerprint density at radius 2 is 1.93 bits per heavy atom. The smallest absolute Gasteiger partial charge is 0.336 e. The molecule has 0 saturated heterocycles. The van der Waals surface area contributed by atoms with E-state index in [-0.39, 0.29) is 16.9 Å². The number of aromatic nitrogens is 2. The van der Waals surface area contributed by atoms with Crippen LogP contribution in [0.2, 0.25) is 5.02 Å². The molecular weight excluding hydrogens is 402 g/mol. The highest BCUT2D eigenvalue weighted by Gasteiger charge is 2.13. The van der Waals surface area contributed by atoms with Crippen LogP contribution in [0.4, 0.5) is 5.69 Å². The van der Waals surface area contributed by atoms with Gasteiger partial charge in [-0.05, 0) is 36.4 Å². The first kappa shape index (κ1) is 18.3. The number of carbonyl (C=O) groups excluding carboxylic acids is 1. The van der Waals surface area contributed by atoms with E-state index in [1.165, 1.54) is 6.07 Å². The van der Waals surface area contributed by atoms with Crippen LogP contribution in [-0.2, 0) is 4.79 Å². The van der Waals surface area contributed by atoms with Gasteiger partial charge in [0.2, 0.25) is 11.8 Å². The number of thioether (sulfide) groups is 1. The molecule has 1 N–H and O–H groups in total. The predicted molar refractivity (Wildman–Crippen MR) is 107 cm³/mol. The fraction of sp³-hybridized carbons (Fsp3) is 0.0526. The first-order valence-electron chi connectivity index (χ1n) is 8.13. The van der Waals surface area contributed by atoms with Crippen molar-refractivity contribution in [3.05, 3.63) is 70.0 Å². The Balaban J connectivity index is 1.39. The molecule has 0 spiro atoms. The van der Waals surface area contributed by atoms with Crippen LogP contribution in [0.3, 0.4) is 0 Å². The van der Waals surface area contributed by atoms with Crippen molar-refractivity contribution in [2.75, 3.05) is 11.1 Å². The van der Waals surface area contributed by atoms with E-state index in [9.17, 15) is 9.59 Å². The number of rotatable bonds is 5. The summed E-state index contributed by atoms with van der Waals surface area (Å²) < 4.78 is 10.6. The van der Waals surface area contributed by atoms with Gasteiger partial charge in [0.1, 0.15) is 5.58 Å². The zero-order valence-corrected chi connectivity index (χ0v) is 15.8. The third-order valence-electron chi connectivity index (χ3n) is 3.74. The fourth-order valence-electron chi connectivity index (χ4n) is 2.49. The van der Waals surface area contributed by atoms with Gasteiger partial charge < -0.3 is 14.2 Å². The van der Waals surface area contributed by atoms with Gasteiger partial charge in [-0.2, -0.15) is 0 Å². The summed E-state index contributed by atoms with van der Waals surface area (Å²) in [5, 5.41) is 12.2. The molecule has 0 fully saturated rings. The maximum Gasteiger partial charge on any atom is 0.336 e. The van der Waals surface area contributed by atoms with E-state index >= 15 is 0 Å². The number of nitrogens with one attached hydrogen (secondary N) is 1. The highest BCUT2D eigenvalue weighted by atomic mass is 35.5. The monoisotopic (exact) mass is 413 g/mol. The zero-order valence-electron chi connectivity index (χ0n) is 14.2. The quantitative estimate of drug-likeness (QED) is 0.386. The molecule has 28 heavy (non-hydrogen) atoms. The van der Waals surface area contributed by atoms with Crippen molar-refractivity contribution in [1.82, 2.24) is 10.2 Å². The molecule has 0 radical (unpaired) electrons. The average Bonchev–Trinajstić information content (AvgIpc) is 3.16. The molecule has 2 aromatic heterocycles. The molecule has 2 heterocycles. The van der Waals surface area contributed by atoms with E-state index in [4.69, 9.17) is 20.4 Å². The summed E-state index contributed by atoms with van der Waals surface area (Å²) in [7, 11) is 0. The lowest BCUT2D eigenvalue weighted by Crippen LogP contribution is -2.14. The van der Waals surface area contributed by atoms with Crippen molar-refractivity contribution < 1.29 is 13.6 Å². The lowest BCUT2D eigenvalue weighted by atomic mass is 10.2. The maximum absolute atomic E-state index is 12.2. The minimum Gasteiger partial charge on any atom is -0.423 e. The molecule has 0 saturated carbocycles. The van der Waals surface area contributed by atoms with Gasteiger partial charge in [-0.1, -0.05) is 35.5 Å². The third kappa shape index (κ3) is 4.08. The van der Waals surface area contributed by atoms with Crippen molar-refractivity contribution in [2.24, 2.45) is 0 Å². The molecule has 0 aliphatic heterocycles. The lowest BCUT2D eigenvalue weighted by Gasteiger charge is -2.05. The summed E-state index contributed by atoms with van der Waals surface area (Å²) in [5.74, 6) is 0.148. The highest BCUT2D eigenvalue weighted by molar-refractivity contribution is 7.99. The van der Waals surface area contributed by atoms with Crippen molar-refractivity contribution in [3.63, 3.8) is 0 Å². The summed E-state index contributed by atoms with van der Waals surface area (Å²) in [5.41, 5.74) is 1.26. The van der Waals surface area contributed by atoms with Crippen LogP contribution in [0.5, 0.6) is 0 Å². The number of anilines is 1. The van der Waals surface area contributed by atoms with E-state index in [2.05, 4.69) is 15.5 Å². The summed E-state index contributed by atoms with van der Waals surface area (Å²) in [6.45, 7) is 0. The van der Waals surface area contributed by atoms with Crippen LogP contribution in [-0.4, -0.2) is 21.9 Å². The number of hydrogen-bond acceptors (Lipinski definition) is 7. The van der Waals surface area contributed by atoms with Gasteiger partial charge in [-0.25, -0.2) is 4.79 Å². The predicted octanol–water partition coefficient (Wildman–Crippen LogP) is 4.23. The first-order chi connectivity index (χ1) is 13.6. The number of hydrogen-bond donors (Lipinski definition) is 1. The maximum atomic E-state index is 12.2. The molecule has 9 heteroatoms. The van der Waals surface area contributed by atoms with Gasteiger partial charge in [0.15, 0.2) is 0 Å². The van der Waals surface area contributed by atoms with Crippen LogP contribution in [0.25, 0.3) is 22.4 Å². The van der Waals surface area contributed by atoms with E-state index in [1.807, 2.05) is 12.1 Å². The molecule has 4 aromatic rings. The van der Waals surface area contributed by atoms with Gasteiger partial charge >= 0.3 is 5.63 Å².